The number of anilines is 1. The Hall–Kier alpha value is -1.93. The number of esters is 1. The highest BCUT2D eigenvalue weighted by Crippen LogP contribution is 2.39. The lowest BCUT2D eigenvalue weighted by Crippen LogP contribution is -2.50. The Morgan fingerprint density at radius 3 is 2.42 bits per heavy atom. The molecule has 1 saturated carbocycles. The molecule has 1 unspecified atom stereocenters. The van der Waals surface area contributed by atoms with Crippen molar-refractivity contribution in [2.24, 2.45) is 11.8 Å². The molecule has 1 aliphatic heterocycles. The minimum absolute atomic E-state index is 0.0362. The topological polar surface area (TPSA) is 76.2 Å². The van der Waals surface area contributed by atoms with Crippen molar-refractivity contribution >= 4 is 34.8 Å². The number of ether oxygens (including phenoxy) is 2. The number of carbonyl (C=O) groups is 3. The highest BCUT2D eigenvalue weighted by Gasteiger charge is 2.35. The SMILES string of the molecule is COC(=O)c1sc(C(C)(C)C)cc1N(CC(=O)N1CCOC(C)C1)C(=O)[C@H]1CC[C@H](C)CC1. The van der Waals surface area contributed by atoms with Gasteiger partial charge in [0.25, 0.3) is 0 Å². The summed E-state index contributed by atoms with van der Waals surface area (Å²) in [7, 11) is 1.34. The molecule has 3 rings (SSSR count). The van der Waals surface area contributed by atoms with E-state index >= 15 is 0 Å². The van der Waals surface area contributed by atoms with Crippen LogP contribution in [0.3, 0.4) is 0 Å². The minimum atomic E-state index is -0.479. The quantitative estimate of drug-likeness (QED) is 0.592. The molecule has 7 nitrogen and oxygen atoms in total. The molecule has 2 aliphatic rings. The van der Waals surface area contributed by atoms with E-state index in [-0.39, 0.29) is 35.8 Å². The van der Waals surface area contributed by atoms with Crippen molar-refractivity contribution in [2.45, 2.75) is 71.8 Å². The van der Waals surface area contributed by atoms with Crippen LogP contribution >= 0.6 is 11.3 Å². The monoisotopic (exact) mass is 478 g/mol. The van der Waals surface area contributed by atoms with Crippen LogP contribution in [-0.4, -0.2) is 62.1 Å². The fourth-order valence-electron chi connectivity index (χ4n) is 4.48. The molecule has 1 aliphatic carbocycles. The summed E-state index contributed by atoms with van der Waals surface area (Å²) < 4.78 is 10.6. The Kier molecular flexibility index (Phi) is 8.22. The van der Waals surface area contributed by atoms with E-state index in [2.05, 4.69) is 27.7 Å². The Balaban J connectivity index is 1.97. The molecule has 0 aromatic carbocycles. The van der Waals surface area contributed by atoms with Crippen LogP contribution in [-0.2, 0) is 24.5 Å². The first-order valence-electron chi connectivity index (χ1n) is 11.9. The largest absolute Gasteiger partial charge is 0.465 e. The molecular formula is C25H38N2O5S. The zero-order chi connectivity index (χ0) is 24.3. The van der Waals surface area contributed by atoms with Gasteiger partial charge < -0.3 is 19.3 Å². The highest BCUT2D eigenvalue weighted by molar-refractivity contribution is 7.14. The maximum atomic E-state index is 13.8. The van der Waals surface area contributed by atoms with Gasteiger partial charge in [-0.2, -0.15) is 0 Å². The van der Waals surface area contributed by atoms with E-state index in [1.165, 1.54) is 18.4 Å². The molecule has 1 saturated heterocycles. The second kappa shape index (κ2) is 10.6. The lowest BCUT2D eigenvalue weighted by molar-refractivity contribution is -0.138. The van der Waals surface area contributed by atoms with Crippen LogP contribution in [0.15, 0.2) is 6.07 Å². The normalized spacial score (nSPS) is 23.8. The molecule has 1 aromatic heterocycles. The molecule has 2 amide bonds. The van der Waals surface area contributed by atoms with Crippen LogP contribution in [0.25, 0.3) is 0 Å². The average Bonchev–Trinajstić information content (AvgIpc) is 3.22. The van der Waals surface area contributed by atoms with Gasteiger partial charge in [-0.1, -0.05) is 27.7 Å². The molecule has 2 fully saturated rings. The number of carbonyl (C=O) groups excluding carboxylic acids is 3. The molecule has 1 atom stereocenters. The number of thiophene rings is 1. The third-order valence-corrected chi connectivity index (χ3v) is 8.16. The summed E-state index contributed by atoms with van der Waals surface area (Å²) in [4.78, 5) is 44.4. The van der Waals surface area contributed by atoms with Crippen molar-refractivity contribution in [1.82, 2.24) is 4.90 Å². The standard InChI is InChI=1S/C25H38N2O5S/c1-16-7-9-18(10-8-16)23(29)27(15-21(28)26-11-12-32-17(2)14-26)19-13-20(25(3,4)5)33-22(19)24(30)31-6/h13,16-18H,7-12,14-15H2,1-6H3/t16-,17?,18-. The smallest absolute Gasteiger partial charge is 0.350 e. The van der Waals surface area contributed by atoms with E-state index in [1.54, 1.807) is 9.80 Å². The van der Waals surface area contributed by atoms with Gasteiger partial charge in [-0.3, -0.25) is 9.59 Å². The van der Waals surface area contributed by atoms with Gasteiger partial charge in [0.2, 0.25) is 11.8 Å². The third-order valence-electron chi connectivity index (χ3n) is 6.63. The molecule has 0 radical (unpaired) electrons. The summed E-state index contributed by atoms with van der Waals surface area (Å²) in [5, 5.41) is 0. The first-order valence-corrected chi connectivity index (χ1v) is 12.8. The van der Waals surface area contributed by atoms with Gasteiger partial charge in [-0.05, 0) is 50.0 Å². The predicted octanol–water partition coefficient (Wildman–Crippen LogP) is 4.24. The van der Waals surface area contributed by atoms with Crippen molar-refractivity contribution in [3.8, 4) is 0 Å². The Labute approximate surface area is 201 Å². The fourth-order valence-corrected chi connectivity index (χ4v) is 5.62. The molecule has 33 heavy (non-hydrogen) atoms. The minimum Gasteiger partial charge on any atom is -0.465 e. The summed E-state index contributed by atoms with van der Waals surface area (Å²) in [6.45, 7) is 11.8. The molecule has 0 spiro atoms. The van der Waals surface area contributed by atoms with E-state index in [0.29, 0.717) is 36.2 Å². The van der Waals surface area contributed by atoms with Gasteiger partial charge in [0.05, 0.1) is 25.5 Å². The lowest BCUT2D eigenvalue weighted by atomic mass is 9.82. The van der Waals surface area contributed by atoms with Crippen LogP contribution in [0, 0.1) is 11.8 Å². The van der Waals surface area contributed by atoms with Crippen molar-refractivity contribution in [1.29, 1.82) is 0 Å². The first kappa shape index (κ1) is 25.7. The summed E-state index contributed by atoms with van der Waals surface area (Å²) >= 11 is 1.34. The summed E-state index contributed by atoms with van der Waals surface area (Å²) in [5.41, 5.74) is 0.291. The van der Waals surface area contributed by atoms with Crippen LogP contribution < -0.4 is 4.90 Å². The number of methoxy groups -OCH3 is 1. The van der Waals surface area contributed by atoms with Crippen LogP contribution in [0.2, 0.25) is 0 Å². The second-order valence-corrected chi connectivity index (χ2v) is 11.5. The number of rotatable bonds is 5. The van der Waals surface area contributed by atoms with Gasteiger partial charge in [0.15, 0.2) is 0 Å². The van der Waals surface area contributed by atoms with E-state index < -0.39 is 5.97 Å². The van der Waals surface area contributed by atoms with E-state index in [0.717, 1.165) is 30.6 Å². The van der Waals surface area contributed by atoms with Crippen LogP contribution in [0.5, 0.6) is 0 Å². The predicted molar refractivity (Wildman–Crippen MR) is 130 cm³/mol. The summed E-state index contributed by atoms with van der Waals surface area (Å²) in [5.74, 6) is -0.200. The van der Waals surface area contributed by atoms with Gasteiger partial charge >= 0.3 is 5.97 Å². The third kappa shape index (κ3) is 6.15. The Morgan fingerprint density at radius 1 is 1.18 bits per heavy atom. The zero-order valence-electron chi connectivity index (χ0n) is 20.8. The van der Waals surface area contributed by atoms with Crippen LogP contribution in [0.4, 0.5) is 5.69 Å². The maximum Gasteiger partial charge on any atom is 0.350 e. The average molecular weight is 479 g/mol. The molecular weight excluding hydrogens is 440 g/mol. The van der Waals surface area contributed by atoms with Crippen molar-refractivity contribution in [3.05, 3.63) is 15.8 Å². The maximum absolute atomic E-state index is 13.8. The zero-order valence-corrected chi connectivity index (χ0v) is 21.6. The number of amides is 2. The fraction of sp³-hybridized carbons (Fsp3) is 0.720. The summed E-state index contributed by atoms with van der Waals surface area (Å²) in [6.07, 6.45) is 3.58. The summed E-state index contributed by atoms with van der Waals surface area (Å²) in [6, 6.07) is 1.90. The first-order chi connectivity index (χ1) is 15.5. The van der Waals surface area contributed by atoms with Crippen molar-refractivity contribution in [3.63, 3.8) is 0 Å². The van der Waals surface area contributed by atoms with Crippen molar-refractivity contribution in [2.75, 3.05) is 38.3 Å². The van der Waals surface area contributed by atoms with Crippen molar-refractivity contribution < 1.29 is 23.9 Å². The van der Waals surface area contributed by atoms with E-state index in [9.17, 15) is 14.4 Å². The van der Waals surface area contributed by atoms with Gasteiger partial charge in [0.1, 0.15) is 11.4 Å². The number of hydrogen-bond donors (Lipinski definition) is 0. The Morgan fingerprint density at radius 2 is 1.85 bits per heavy atom. The molecule has 0 N–H and O–H groups in total. The number of morpholine rings is 1. The molecule has 184 valence electrons. The lowest BCUT2D eigenvalue weighted by Gasteiger charge is -2.35. The van der Waals surface area contributed by atoms with E-state index in [1.807, 2.05) is 13.0 Å². The molecule has 0 bridgehead atoms. The van der Waals surface area contributed by atoms with Gasteiger partial charge in [-0.25, -0.2) is 4.79 Å². The second-order valence-electron chi connectivity index (χ2n) is 10.5. The molecule has 2 heterocycles. The number of hydrogen-bond acceptors (Lipinski definition) is 6. The van der Waals surface area contributed by atoms with Gasteiger partial charge in [0, 0.05) is 23.9 Å². The molecule has 8 heteroatoms. The van der Waals surface area contributed by atoms with Gasteiger partial charge in [-0.15, -0.1) is 11.3 Å². The van der Waals surface area contributed by atoms with E-state index in [4.69, 9.17) is 9.47 Å². The van der Waals surface area contributed by atoms with Crippen LogP contribution in [0.1, 0.15) is 74.9 Å². The highest BCUT2D eigenvalue weighted by atomic mass is 32.1. The number of nitrogens with zero attached hydrogens (tertiary/aromatic N) is 2. The Bertz CT molecular complexity index is 867. The molecule has 1 aromatic rings.